The minimum absolute atomic E-state index is 0.144. The van der Waals surface area contributed by atoms with Gasteiger partial charge in [0.2, 0.25) is 5.91 Å². The maximum Gasteiger partial charge on any atom is 0.324 e. The topological polar surface area (TPSA) is 64.7 Å². The van der Waals surface area contributed by atoms with E-state index < -0.39 is 0 Å². The van der Waals surface area contributed by atoms with Crippen molar-refractivity contribution in [3.05, 3.63) is 11.7 Å². The van der Waals surface area contributed by atoms with Crippen molar-refractivity contribution in [2.75, 3.05) is 13.1 Å². The van der Waals surface area contributed by atoms with Crippen LogP contribution in [0.25, 0.3) is 0 Å². The first-order valence-electron chi connectivity index (χ1n) is 10.0. The van der Waals surface area contributed by atoms with Gasteiger partial charge in [0.05, 0.1) is 0 Å². The van der Waals surface area contributed by atoms with Gasteiger partial charge in [-0.15, -0.1) is 0 Å². The minimum atomic E-state index is -0.144. The van der Waals surface area contributed by atoms with Gasteiger partial charge in [-0.2, -0.15) is 0 Å². The summed E-state index contributed by atoms with van der Waals surface area (Å²) in [6, 6.07) is 0.262. The Morgan fingerprint density at radius 2 is 1.63 bits per heavy atom. The molecule has 150 valence electrons. The highest BCUT2D eigenvalue weighted by Gasteiger charge is 2.38. The van der Waals surface area contributed by atoms with Gasteiger partial charge in [-0.3, -0.25) is 10.1 Å². The molecule has 27 heavy (non-hydrogen) atoms. The van der Waals surface area contributed by atoms with Crippen molar-refractivity contribution in [3.8, 4) is 0 Å². The van der Waals surface area contributed by atoms with E-state index in [-0.39, 0.29) is 29.1 Å². The minimum Gasteiger partial charge on any atom is -0.342 e. The summed E-state index contributed by atoms with van der Waals surface area (Å²) in [5.74, 6) is 0.568. The second-order valence-corrected chi connectivity index (χ2v) is 8.39. The molecule has 2 aliphatic carbocycles. The van der Waals surface area contributed by atoms with Crippen molar-refractivity contribution < 1.29 is 9.59 Å². The Kier molecular flexibility index (Phi) is 7.35. The van der Waals surface area contributed by atoms with E-state index in [1.54, 1.807) is 0 Å². The average Bonchev–Trinajstić information content (AvgIpc) is 3.53. The summed E-state index contributed by atoms with van der Waals surface area (Å²) < 4.78 is 0. The van der Waals surface area contributed by atoms with Crippen LogP contribution in [0.1, 0.15) is 57.8 Å². The van der Waals surface area contributed by atoms with E-state index in [9.17, 15) is 9.59 Å². The van der Waals surface area contributed by atoms with Gasteiger partial charge in [-0.1, -0.05) is 30.9 Å². The maximum atomic E-state index is 13.0. The van der Waals surface area contributed by atoms with Gasteiger partial charge in [0.25, 0.3) is 0 Å². The van der Waals surface area contributed by atoms with E-state index in [2.05, 4.69) is 10.6 Å². The molecule has 0 aromatic carbocycles. The molecule has 2 saturated carbocycles. The molecule has 0 spiro atoms. The fourth-order valence-electron chi connectivity index (χ4n) is 4.25. The standard InChI is InChI=1S/C19H29ClN4O2S/c20-10-11-21-18(27)22-19(26)24(15-4-2-1-3-5-15)16-8-12-23(13-9-16)17(25)14-6-7-14/h10-11,14-16H,1-9,12-13H2,(H2,21,22,26,27)/b11-10+. The number of amides is 3. The van der Waals surface area contributed by atoms with Crippen molar-refractivity contribution >= 4 is 40.9 Å². The largest absolute Gasteiger partial charge is 0.342 e. The van der Waals surface area contributed by atoms with Gasteiger partial charge in [0.15, 0.2) is 5.11 Å². The molecule has 8 heteroatoms. The summed E-state index contributed by atoms with van der Waals surface area (Å²) >= 11 is 10.7. The number of likely N-dealkylation sites (tertiary alicyclic amines) is 1. The zero-order valence-electron chi connectivity index (χ0n) is 15.7. The maximum absolute atomic E-state index is 13.0. The number of piperidine rings is 1. The first kappa shape index (κ1) is 20.4. The molecule has 0 atom stereocenters. The molecule has 3 fully saturated rings. The highest BCUT2D eigenvalue weighted by atomic mass is 35.5. The lowest BCUT2D eigenvalue weighted by molar-refractivity contribution is -0.134. The first-order chi connectivity index (χ1) is 13.1. The summed E-state index contributed by atoms with van der Waals surface area (Å²) in [5, 5.41) is 5.81. The fraction of sp³-hybridized carbons (Fsp3) is 0.737. The van der Waals surface area contributed by atoms with Crippen LogP contribution < -0.4 is 10.6 Å². The second kappa shape index (κ2) is 9.73. The Morgan fingerprint density at radius 1 is 1.00 bits per heavy atom. The summed E-state index contributed by atoms with van der Waals surface area (Å²) in [6.45, 7) is 1.49. The number of rotatable bonds is 4. The number of urea groups is 1. The van der Waals surface area contributed by atoms with Crippen molar-refractivity contribution in [2.24, 2.45) is 5.92 Å². The Morgan fingerprint density at radius 3 is 2.22 bits per heavy atom. The van der Waals surface area contributed by atoms with Crippen LogP contribution in [0.15, 0.2) is 11.7 Å². The first-order valence-corrected chi connectivity index (χ1v) is 10.9. The lowest BCUT2D eigenvalue weighted by atomic mass is 9.91. The van der Waals surface area contributed by atoms with E-state index in [1.807, 2.05) is 9.80 Å². The van der Waals surface area contributed by atoms with Crippen LogP contribution in [0.3, 0.4) is 0 Å². The average molecular weight is 413 g/mol. The van der Waals surface area contributed by atoms with Gasteiger partial charge in [0.1, 0.15) is 0 Å². The van der Waals surface area contributed by atoms with Crippen LogP contribution in [-0.4, -0.2) is 52.0 Å². The summed E-state index contributed by atoms with van der Waals surface area (Å²) in [6.07, 6.45) is 10.9. The molecule has 0 unspecified atom stereocenters. The number of carbonyl (C=O) groups excluding carboxylic acids is 2. The van der Waals surface area contributed by atoms with Gasteiger partial charge in [-0.05, 0) is 50.7 Å². The quantitative estimate of drug-likeness (QED) is 0.695. The molecule has 1 saturated heterocycles. The Labute approximate surface area is 171 Å². The van der Waals surface area contributed by atoms with Gasteiger partial charge in [0, 0.05) is 42.8 Å². The van der Waals surface area contributed by atoms with Crippen LogP contribution in [0.4, 0.5) is 4.79 Å². The molecule has 1 heterocycles. The normalized spacial score (nSPS) is 21.9. The highest BCUT2D eigenvalue weighted by Crippen LogP contribution is 2.33. The Bertz CT molecular complexity index is 582. The molecule has 3 aliphatic rings. The zero-order valence-corrected chi connectivity index (χ0v) is 17.2. The SMILES string of the molecule is O=C(C1CC1)N1CCC(N(C(=O)NC(=S)N/C=C/Cl)C2CCCCC2)CC1. The van der Waals surface area contributed by atoms with E-state index in [4.69, 9.17) is 23.8 Å². The number of hydrogen-bond donors (Lipinski definition) is 2. The van der Waals surface area contributed by atoms with Crippen molar-refractivity contribution in [1.29, 1.82) is 0 Å². The number of nitrogens with one attached hydrogen (secondary N) is 2. The fourth-order valence-corrected chi connectivity index (χ4v) is 4.47. The molecule has 1 aliphatic heterocycles. The highest BCUT2D eigenvalue weighted by molar-refractivity contribution is 7.80. The predicted molar refractivity (Wildman–Crippen MR) is 110 cm³/mol. The molecule has 0 radical (unpaired) electrons. The van der Waals surface area contributed by atoms with Crippen LogP contribution in [0.5, 0.6) is 0 Å². The molecule has 2 N–H and O–H groups in total. The molecular weight excluding hydrogens is 384 g/mol. The van der Waals surface area contributed by atoms with Gasteiger partial charge in [-0.25, -0.2) is 4.79 Å². The number of halogens is 1. The van der Waals surface area contributed by atoms with Gasteiger partial charge < -0.3 is 15.1 Å². The number of hydrogen-bond acceptors (Lipinski definition) is 3. The molecule has 0 aromatic rings. The zero-order chi connectivity index (χ0) is 19.2. The van der Waals surface area contributed by atoms with E-state index >= 15 is 0 Å². The van der Waals surface area contributed by atoms with E-state index in [0.717, 1.165) is 64.5 Å². The van der Waals surface area contributed by atoms with Crippen molar-refractivity contribution in [3.63, 3.8) is 0 Å². The van der Waals surface area contributed by atoms with Crippen LogP contribution in [-0.2, 0) is 4.79 Å². The van der Waals surface area contributed by atoms with Crippen molar-refractivity contribution in [2.45, 2.75) is 69.9 Å². The third-order valence-electron chi connectivity index (χ3n) is 5.80. The van der Waals surface area contributed by atoms with Crippen LogP contribution in [0, 0.1) is 5.92 Å². The third-order valence-corrected chi connectivity index (χ3v) is 6.14. The smallest absolute Gasteiger partial charge is 0.324 e. The van der Waals surface area contributed by atoms with E-state index in [0.29, 0.717) is 5.91 Å². The number of carbonyl (C=O) groups is 2. The monoisotopic (exact) mass is 412 g/mol. The second-order valence-electron chi connectivity index (χ2n) is 7.73. The van der Waals surface area contributed by atoms with Gasteiger partial charge >= 0.3 is 6.03 Å². The molecule has 0 bridgehead atoms. The summed E-state index contributed by atoms with van der Waals surface area (Å²) in [7, 11) is 0. The number of nitrogens with zero attached hydrogens (tertiary/aromatic N) is 2. The molecule has 3 amide bonds. The van der Waals surface area contributed by atoms with E-state index in [1.165, 1.54) is 18.2 Å². The lowest BCUT2D eigenvalue weighted by Gasteiger charge is -2.43. The molecule has 3 rings (SSSR count). The Hall–Kier alpha value is -1.34. The number of thiocarbonyl (C=S) groups is 1. The lowest BCUT2D eigenvalue weighted by Crippen LogP contribution is -2.57. The van der Waals surface area contributed by atoms with Crippen LogP contribution >= 0.6 is 23.8 Å². The Balaban J connectivity index is 1.62. The molecular formula is C19H29ClN4O2S. The summed E-state index contributed by atoms with van der Waals surface area (Å²) in [5.41, 5.74) is 1.31. The molecule has 0 aromatic heterocycles. The third kappa shape index (κ3) is 5.57. The predicted octanol–water partition coefficient (Wildman–Crippen LogP) is 3.32. The molecule has 6 nitrogen and oxygen atoms in total. The van der Waals surface area contributed by atoms with Crippen molar-refractivity contribution in [1.82, 2.24) is 20.4 Å². The van der Waals surface area contributed by atoms with Crippen LogP contribution in [0.2, 0.25) is 0 Å². The summed E-state index contributed by atoms with van der Waals surface area (Å²) in [4.78, 5) is 29.3.